The van der Waals surface area contributed by atoms with Gasteiger partial charge in [-0.15, -0.1) is 0 Å². The summed E-state index contributed by atoms with van der Waals surface area (Å²) in [6.07, 6.45) is 16.9. The van der Waals surface area contributed by atoms with E-state index in [1.165, 1.54) is 49.7 Å². The molecule has 0 radical (unpaired) electrons. The van der Waals surface area contributed by atoms with E-state index >= 15 is 0 Å². The summed E-state index contributed by atoms with van der Waals surface area (Å²) >= 11 is 0. The molecule has 0 spiro atoms. The molecule has 0 aliphatic heterocycles. The number of allylic oxidation sites excluding steroid dienone is 5. The number of benzene rings is 6. The monoisotopic (exact) mass is 685 g/mol. The lowest BCUT2D eigenvalue weighted by Crippen LogP contribution is -2.19. The third-order valence-corrected chi connectivity index (χ3v) is 10.3. The summed E-state index contributed by atoms with van der Waals surface area (Å²) < 4.78 is 0. The maximum Gasteiger partial charge on any atom is 0.157 e. The summed E-state index contributed by atoms with van der Waals surface area (Å²) in [5.41, 5.74) is 19.3. The van der Waals surface area contributed by atoms with Crippen LogP contribution in [0.3, 0.4) is 0 Å². The van der Waals surface area contributed by atoms with Gasteiger partial charge in [-0.05, 0) is 112 Å². The van der Waals surface area contributed by atoms with E-state index in [4.69, 9.17) is 15.7 Å². The van der Waals surface area contributed by atoms with Gasteiger partial charge in [0, 0.05) is 11.1 Å². The molecule has 0 saturated carbocycles. The number of hydrogen-bond acceptors (Lipinski definition) is 1. The lowest BCUT2D eigenvalue weighted by molar-refractivity contribution is 0.782. The van der Waals surface area contributed by atoms with Gasteiger partial charge in [-0.25, -0.2) is 4.99 Å². The van der Waals surface area contributed by atoms with E-state index in [1.807, 2.05) is 0 Å². The van der Waals surface area contributed by atoms with Crippen molar-refractivity contribution < 1.29 is 0 Å². The predicted molar refractivity (Wildman–Crippen MR) is 226 cm³/mol. The van der Waals surface area contributed by atoms with Gasteiger partial charge < -0.3 is 5.73 Å². The Bertz CT molecular complexity index is 2470. The zero-order valence-corrected chi connectivity index (χ0v) is 30.1. The summed E-state index contributed by atoms with van der Waals surface area (Å²) in [7, 11) is 0. The average molecular weight is 686 g/mol. The van der Waals surface area contributed by atoms with Crippen LogP contribution in [0.2, 0.25) is 0 Å². The van der Waals surface area contributed by atoms with E-state index in [0.29, 0.717) is 11.7 Å². The molecule has 2 N–H and O–H groups in total. The normalized spacial score (nSPS) is 15.3. The molecule has 3 nitrogen and oxygen atoms in total. The minimum atomic E-state index is -0.0249. The van der Waals surface area contributed by atoms with Crippen molar-refractivity contribution in [1.82, 2.24) is 0 Å². The molecule has 1 unspecified atom stereocenters. The van der Waals surface area contributed by atoms with Crippen LogP contribution in [0, 0.1) is 0 Å². The highest BCUT2D eigenvalue weighted by Gasteiger charge is 2.18. The third kappa shape index (κ3) is 7.38. The second-order valence-electron chi connectivity index (χ2n) is 13.8. The molecule has 53 heavy (non-hydrogen) atoms. The fraction of sp³-hybridized carbons (Fsp3) is 0.120. The molecule has 2 aliphatic carbocycles. The molecule has 0 bridgehead atoms. The summed E-state index contributed by atoms with van der Waals surface area (Å²) in [5.74, 6) is 1.14. The molecule has 2 aliphatic rings. The lowest BCUT2D eigenvalue weighted by atomic mass is 9.85. The first-order valence-electron chi connectivity index (χ1n) is 18.6. The van der Waals surface area contributed by atoms with E-state index < -0.39 is 0 Å². The maximum atomic E-state index is 6.69. The highest BCUT2D eigenvalue weighted by Crippen LogP contribution is 2.43. The van der Waals surface area contributed by atoms with Gasteiger partial charge in [-0.2, -0.15) is 0 Å². The van der Waals surface area contributed by atoms with Crippen LogP contribution in [0.4, 0.5) is 0 Å². The smallest absolute Gasteiger partial charge is 0.157 e. The average Bonchev–Trinajstić information content (AvgIpc) is 3.24. The van der Waals surface area contributed by atoms with Crippen LogP contribution in [-0.2, 0) is 0 Å². The van der Waals surface area contributed by atoms with Crippen molar-refractivity contribution in [1.29, 1.82) is 0 Å². The van der Waals surface area contributed by atoms with Crippen molar-refractivity contribution in [3.8, 4) is 44.5 Å². The molecule has 6 aromatic carbocycles. The molecule has 0 fully saturated rings. The molecule has 6 aromatic rings. The Morgan fingerprint density at radius 1 is 0.585 bits per heavy atom. The summed E-state index contributed by atoms with van der Waals surface area (Å²) in [6.45, 7) is 2.16. The highest BCUT2D eigenvalue weighted by molar-refractivity contribution is 6.12. The number of nitrogens with zero attached hydrogens (tertiary/aromatic N) is 2. The second-order valence-corrected chi connectivity index (χ2v) is 13.8. The van der Waals surface area contributed by atoms with Crippen LogP contribution in [0.25, 0.3) is 55.3 Å². The molecule has 258 valence electrons. The summed E-state index contributed by atoms with van der Waals surface area (Å²) in [5, 5.41) is 2.42. The maximum absolute atomic E-state index is 6.69. The molecule has 0 heterocycles. The fourth-order valence-electron chi connectivity index (χ4n) is 7.45. The van der Waals surface area contributed by atoms with Crippen molar-refractivity contribution in [2.24, 2.45) is 15.7 Å². The van der Waals surface area contributed by atoms with Gasteiger partial charge in [0.25, 0.3) is 0 Å². The Morgan fingerprint density at radius 2 is 1.21 bits per heavy atom. The number of rotatable bonds is 8. The molecule has 1 atom stereocenters. The molecule has 0 saturated heterocycles. The number of aliphatic imine (C=N–C) groups is 2. The molecule has 0 aromatic heterocycles. The van der Waals surface area contributed by atoms with Gasteiger partial charge in [-0.3, -0.25) is 4.99 Å². The van der Waals surface area contributed by atoms with Gasteiger partial charge in [0.1, 0.15) is 5.84 Å². The van der Waals surface area contributed by atoms with Gasteiger partial charge in [0.2, 0.25) is 0 Å². The molecule has 0 amide bonds. The molecular formula is C50H43N3. The number of fused-ring (bicyclic) bond motifs is 1. The van der Waals surface area contributed by atoms with Crippen LogP contribution in [-0.4, -0.2) is 17.7 Å². The number of amidine groups is 2. The van der Waals surface area contributed by atoms with Crippen molar-refractivity contribution in [2.75, 3.05) is 0 Å². The minimum absolute atomic E-state index is 0.0249. The Balaban J connectivity index is 1.28. The Morgan fingerprint density at radius 3 is 1.85 bits per heavy atom. The fourth-order valence-corrected chi connectivity index (χ4v) is 7.45. The van der Waals surface area contributed by atoms with Gasteiger partial charge >= 0.3 is 0 Å². The first-order chi connectivity index (χ1) is 26.1. The Labute approximate surface area is 313 Å². The SMILES string of the molecule is CC(/N=C(\N=C(/N)C1=CCCC=C1)c1cccc(-c2ccccc2-c2cc3ccccc3cc2-c2ccccc2-c2ccccc2)c1)C1=CC=CCC1. The Kier molecular flexibility index (Phi) is 9.89. The van der Waals surface area contributed by atoms with Crippen LogP contribution in [0.15, 0.2) is 197 Å². The van der Waals surface area contributed by atoms with Crippen molar-refractivity contribution in [2.45, 2.75) is 38.6 Å². The largest absolute Gasteiger partial charge is 0.383 e. The van der Waals surface area contributed by atoms with E-state index in [1.54, 1.807) is 0 Å². The second kappa shape index (κ2) is 15.5. The number of hydrogen-bond donors (Lipinski definition) is 1. The van der Waals surface area contributed by atoms with E-state index in [0.717, 1.165) is 47.9 Å². The zero-order chi connectivity index (χ0) is 36.0. The predicted octanol–water partition coefficient (Wildman–Crippen LogP) is 12.6. The van der Waals surface area contributed by atoms with E-state index in [2.05, 4.69) is 183 Å². The highest BCUT2D eigenvalue weighted by atomic mass is 15.0. The van der Waals surface area contributed by atoms with Crippen LogP contribution in [0.5, 0.6) is 0 Å². The first-order valence-corrected chi connectivity index (χ1v) is 18.6. The third-order valence-electron chi connectivity index (χ3n) is 10.3. The quantitative estimate of drug-likeness (QED) is 0.126. The van der Waals surface area contributed by atoms with Crippen LogP contribution in [0.1, 0.15) is 38.2 Å². The van der Waals surface area contributed by atoms with Crippen molar-refractivity contribution in [3.63, 3.8) is 0 Å². The number of nitrogens with two attached hydrogens (primary N) is 1. The van der Waals surface area contributed by atoms with Crippen molar-refractivity contribution >= 4 is 22.4 Å². The van der Waals surface area contributed by atoms with Gasteiger partial charge in [0.15, 0.2) is 5.84 Å². The van der Waals surface area contributed by atoms with Crippen LogP contribution < -0.4 is 5.73 Å². The first kappa shape index (κ1) is 33.8. The topological polar surface area (TPSA) is 50.7 Å². The van der Waals surface area contributed by atoms with E-state index in [-0.39, 0.29) is 6.04 Å². The minimum Gasteiger partial charge on any atom is -0.383 e. The standard InChI is InChI=1S/C50H43N3/c1-35(36-18-5-2-6-19-36)52-50(53-49(51)38-22-9-4-10-23-38)42-27-17-26-41(32-42)44-29-14-16-31-46(44)48-34-40-25-12-11-24-39(40)33-47(48)45-30-15-13-28-43(45)37-20-7-3-8-21-37/h2-3,5,7-9,11-18,20-35H,4,6,10,19H2,1H3,(H2,51,52,53). The lowest BCUT2D eigenvalue weighted by Gasteiger charge is -2.19. The molecule has 8 rings (SSSR count). The Hall–Kier alpha value is -6.32. The van der Waals surface area contributed by atoms with Crippen molar-refractivity contribution in [3.05, 3.63) is 193 Å². The van der Waals surface area contributed by atoms with Crippen LogP contribution >= 0.6 is 0 Å². The van der Waals surface area contributed by atoms with E-state index in [9.17, 15) is 0 Å². The molecular weight excluding hydrogens is 643 g/mol. The summed E-state index contributed by atoms with van der Waals surface area (Å²) in [4.78, 5) is 10.3. The zero-order valence-electron chi connectivity index (χ0n) is 30.1. The molecule has 3 heteroatoms. The summed E-state index contributed by atoms with van der Waals surface area (Å²) in [6, 6.07) is 50.1. The van der Waals surface area contributed by atoms with Gasteiger partial charge in [0.05, 0.1) is 6.04 Å². The van der Waals surface area contributed by atoms with Gasteiger partial charge in [-0.1, -0.05) is 158 Å².